The normalized spacial score (nSPS) is 28.9. The van der Waals surface area contributed by atoms with Crippen LogP contribution in [0.2, 0.25) is 18.1 Å². The summed E-state index contributed by atoms with van der Waals surface area (Å²) < 4.78 is 13.0. The number of piperidine rings is 1. The van der Waals surface area contributed by atoms with E-state index in [-0.39, 0.29) is 46.9 Å². The van der Waals surface area contributed by atoms with Gasteiger partial charge in [-0.1, -0.05) is 66.7 Å². The molecule has 0 spiro atoms. The van der Waals surface area contributed by atoms with Gasteiger partial charge in [-0.15, -0.1) is 0 Å². The molecule has 3 aliphatic rings. The number of likely N-dealkylation sites (tertiary alicyclic amines) is 1. The van der Waals surface area contributed by atoms with Gasteiger partial charge in [0.2, 0.25) is 5.91 Å². The van der Waals surface area contributed by atoms with Gasteiger partial charge >= 0.3 is 5.97 Å². The molecule has 0 aromatic carbocycles. The van der Waals surface area contributed by atoms with Crippen LogP contribution in [0.1, 0.15) is 106 Å². The van der Waals surface area contributed by atoms with Gasteiger partial charge in [0.05, 0.1) is 24.5 Å². The third kappa shape index (κ3) is 9.28. The third-order valence-electron chi connectivity index (χ3n) is 10.6. The molecule has 1 amide bonds. The van der Waals surface area contributed by atoms with Crippen molar-refractivity contribution < 1.29 is 23.9 Å². The zero-order valence-corrected chi connectivity index (χ0v) is 29.2. The maximum atomic E-state index is 13.3. The summed E-state index contributed by atoms with van der Waals surface area (Å²) in [4.78, 5) is 28.1. The predicted molar refractivity (Wildman–Crippen MR) is 173 cm³/mol. The smallest absolute Gasteiger partial charge is 0.308 e. The van der Waals surface area contributed by atoms with Gasteiger partial charge in [0.1, 0.15) is 6.10 Å². The molecule has 2 aliphatic carbocycles. The van der Waals surface area contributed by atoms with Crippen LogP contribution in [-0.2, 0) is 18.8 Å². The Kier molecular flexibility index (Phi) is 12.5. The summed E-state index contributed by atoms with van der Waals surface area (Å²) >= 11 is 0. The monoisotopic (exact) mass is 603 g/mol. The number of carbonyl (C=O) groups excluding carboxylic acids is 2. The first kappa shape index (κ1) is 35.0. The molecule has 6 nitrogen and oxygen atoms in total. The van der Waals surface area contributed by atoms with E-state index in [1.54, 1.807) is 0 Å². The Bertz CT molecular complexity index is 963. The van der Waals surface area contributed by atoms with Crippen LogP contribution in [0.3, 0.4) is 0 Å². The lowest BCUT2D eigenvalue weighted by molar-refractivity contribution is -0.158. The first-order valence-electron chi connectivity index (χ1n) is 16.9. The molecule has 1 saturated heterocycles. The number of nitrogens with zero attached hydrogens (tertiary/aromatic N) is 1. The molecule has 1 heterocycles. The SMILES string of the molecule is CCC(C)C(=O)OC1CC(C)C=C2C=CC(C)C(CCC(O)CC(CC(=O)N3CCCCC3)O[Si](C)(C)C(C)(C)C)C21. The van der Waals surface area contributed by atoms with Crippen molar-refractivity contribution in [2.75, 3.05) is 13.1 Å². The summed E-state index contributed by atoms with van der Waals surface area (Å²) in [5.41, 5.74) is 1.28. The zero-order valence-electron chi connectivity index (χ0n) is 28.2. The number of amides is 1. The lowest BCUT2D eigenvalue weighted by Crippen LogP contribution is -2.46. The van der Waals surface area contributed by atoms with E-state index in [1.165, 1.54) is 12.0 Å². The van der Waals surface area contributed by atoms with Crippen molar-refractivity contribution in [3.63, 3.8) is 0 Å². The van der Waals surface area contributed by atoms with Crippen molar-refractivity contribution in [3.8, 4) is 0 Å². The fourth-order valence-electron chi connectivity index (χ4n) is 6.69. The second-order valence-corrected chi connectivity index (χ2v) is 19.9. The summed E-state index contributed by atoms with van der Waals surface area (Å²) in [6.45, 7) is 21.2. The average molecular weight is 604 g/mol. The molecule has 240 valence electrons. The third-order valence-corrected chi connectivity index (χ3v) is 15.2. The van der Waals surface area contributed by atoms with Crippen molar-refractivity contribution in [3.05, 3.63) is 23.8 Å². The number of fused-ring (bicyclic) bond motifs is 1. The molecular formula is C35H61NO5Si. The van der Waals surface area contributed by atoms with Crippen molar-refractivity contribution >= 4 is 20.2 Å². The van der Waals surface area contributed by atoms with E-state index in [1.807, 2.05) is 18.7 Å². The summed E-state index contributed by atoms with van der Waals surface area (Å²) in [6.07, 6.45) is 13.1. The van der Waals surface area contributed by atoms with Gasteiger partial charge in [-0.05, 0) is 92.8 Å². The molecule has 7 heteroatoms. The van der Waals surface area contributed by atoms with E-state index < -0.39 is 14.4 Å². The Morgan fingerprint density at radius 3 is 2.43 bits per heavy atom. The van der Waals surface area contributed by atoms with Gasteiger partial charge in [-0.2, -0.15) is 0 Å². The van der Waals surface area contributed by atoms with Crippen molar-refractivity contribution in [1.82, 2.24) is 4.90 Å². The van der Waals surface area contributed by atoms with Gasteiger partial charge in [0.25, 0.3) is 0 Å². The topological polar surface area (TPSA) is 76.1 Å². The number of aliphatic hydroxyl groups is 1. The Morgan fingerprint density at radius 2 is 1.81 bits per heavy atom. The molecule has 8 atom stereocenters. The molecule has 1 N–H and O–H groups in total. The number of hydrogen-bond donors (Lipinski definition) is 1. The minimum absolute atomic E-state index is 0.0246. The van der Waals surface area contributed by atoms with E-state index in [2.05, 4.69) is 65.9 Å². The van der Waals surface area contributed by atoms with Crippen LogP contribution in [0.25, 0.3) is 0 Å². The standard InChI is InChI=1S/C35H61NO5Si/c1-10-25(3)34(39)40-31-21-24(2)20-27-15-14-26(4)30(33(27)31)17-16-28(37)22-29(41-42(8,9)35(5,6)7)23-32(38)36-18-12-11-13-19-36/h14-15,20,24-26,28-31,33,37H,10-13,16-19,21-23H2,1-9H3. The van der Waals surface area contributed by atoms with Crippen LogP contribution in [0.5, 0.6) is 0 Å². The number of rotatable bonds is 12. The van der Waals surface area contributed by atoms with Gasteiger partial charge < -0.3 is 19.2 Å². The molecule has 8 unspecified atom stereocenters. The maximum absolute atomic E-state index is 13.3. The van der Waals surface area contributed by atoms with E-state index in [4.69, 9.17) is 9.16 Å². The highest BCUT2D eigenvalue weighted by molar-refractivity contribution is 6.74. The minimum Gasteiger partial charge on any atom is -0.461 e. The number of esters is 1. The summed E-state index contributed by atoms with van der Waals surface area (Å²) in [5.74, 6) is 1.10. The highest BCUT2D eigenvalue weighted by Crippen LogP contribution is 2.45. The fourth-order valence-corrected chi connectivity index (χ4v) is 8.06. The highest BCUT2D eigenvalue weighted by Gasteiger charge is 2.43. The molecule has 0 aromatic rings. The Labute approximate surface area is 257 Å². The average Bonchev–Trinajstić information content (AvgIpc) is 2.91. The molecule has 1 fully saturated rings. The number of aliphatic hydroxyl groups excluding tert-OH is 1. The van der Waals surface area contributed by atoms with Crippen LogP contribution in [0, 0.1) is 29.6 Å². The number of carbonyl (C=O) groups is 2. The molecule has 0 aromatic heterocycles. The van der Waals surface area contributed by atoms with E-state index in [0.717, 1.165) is 45.2 Å². The number of allylic oxidation sites excluding steroid dienone is 3. The fraction of sp³-hybridized carbons (Fsp3) is 0.829. The zero-order chi connectivity index (χ0) is 31.2. The first-order valence-corrected chi connectivity index (χ1v) is 19.8. The Morgan fingerprint density at radius 1 is 1.14 bits per heavy atom. The largest absolute Gasteiger partial charge is 0.461 e. The van der Waals surface area contributed by atoms with Crippen molar-refractivity contribution in [2.24, 2.45) is 29.6 Å². The highest BCUT2D eigenvalue weighted by atomic mass is 28.4. The first-order chi connectivity index (χ1) is 19.6. The van der Waals surface area contributed by atoms with E-state index in [0.29, 0.717) is 31.1 Å². The molecule has 3 rings (SSSR count). The predicted octanol–water partition coefficient (Wildman–Crippen LogP) is 7.67. The minimum atomic E-state index is -2.13. The summed E-state index contributed by atoms with van der Waals surface area (Å²) in [6, 6.07) is 0. The lowest BCUT2D eigenvalue weighted by Gasteiger charge is -2.43. The number of ether oxygens (including phenoxy) is 1. The number of hydrogen-bond acceptors (Lipinski definition) is 5. The van der Waals surface area contributed by atoms with Gasteiger partial charge in [-0.25, -0.2) is 0 Å². The quantitative estimate of drug-likeness (QED) is 0.183. The van der Waals surface area contributed by atoms with Crippen LogP contribution < -0.4 is 0 Å². The summed E-state index contributed by atoms with van der Waals surface area (Å²) in [7, 11) is -2.13. The van der Waals surface area contributed by atoms with Crippen molar-refractivity contribution in [2.45, 2.75) is 143 Å². The Hall–Kier alpha value is -1.44. The van der Waals surface area contributed by atoms with E-state index in [9.17, 15) is 14.7 Å². The van der Waals surface area contributed by atoms with Gasteiger partial charge in [-0.3, -0.25) is 9.59 Å². The second kappa shape index (κ2) is 15.0. The second-order valence-electron chi connectivity index (χ2n) is 15.2. The lowest BCUT2D eigenvalue weighted by atomic mass is 9.65. The van der Waals surface area contributed by atoms with Crippen molar-refractivity contribution in [1.29, 1.82) is 0 Å². The molecule has 0 bridgehead atoms. The molecule has 1 aliphatic heterocycles. The molecule has 42 heavy (non-hydrogen) atoms. The van der Waals surface area contributed by atoms with E-state index >= 15 is 0 Å². The molecular weight excluding hydrogens is 542 g/mol. The van der Waals surface area contributed by atoms with Gasteiger partial charge in [0.15, 0.2) is 8.32 Å². The van der Waals surface area contributed by atoms with Crippen LogP contribution in [-0.4, -0.2) is 61.6 Å². The molecule has 0 radical (unpaired) electrons. The summed E-state index contributed by atoms with van der Waals surface area (Å²) in [5, 5.41) is 11.4. The Balaban J connectivity index is 1.71. The van der Waals surface area contributed by atoms with Gasteiger partial charge in [0, 0.05) is 19.0 Å². The van der Waals surface area contributed by atoms with Crippen LogP contribution in [0.4, 0.5) is 0 Å². The van der Waals surface area contributed by atoms with Crippen LogP contribution in [0.15, 0.2) is 23.8 Å². The maximum Gasteiger partial charge on any atom is 0.308 e. The molecule has 0 saturated carbocycles. The van der Waals surface area contributed by atoms with Crippen LogP contribution >= 0.6 is 0 Å².